The van der Waals surface area contributed by atoms with E-state index in [9.17, 15) is 0 Å². The van der Waals surface area contributed by atoms with E-state index in [0.29, 0.717) is 17.0 Å². The number of benzene rings is 7. The van der Waals surface area contributed by atoms with Crippen molar-refractivity contribution in [1.82, 2.24) is 14.5 Å². The second-order valence-electron chi connectivity index (χ2n) is 13.6. The molecule has 2 unspecified atom stereocenters. The van der Waals surface area contributed by atoms with Gasteiger partial charge in [-0.3, -0.25) is 0 Å². The van der Waals surface area contributed by atoms with Crippen molar-refractivity contribution in [3.63, 3.8) is 0 Å². The molecule has 12 rings (SSSR count). The van der Waals surface area contributed by atoms with E-state index in [2.05, 4.69) is 126 Å². The number of furan rings is 1. The number of thioether (sulfide) groups is 1. The minimum atomic E-state index is 0.358. The topological polar surface area (TPSA) is 43.9 Å². The molecule has 0 fully saturated rings. The Kier molecular flexibility index (Phi) is 5.52. The second-order valence-corrected chi connectivity index (χ2v) is 14.8. The van der Waals surface area contributed by atoms with Crippen LogP contribution in [0, 0.1) is 0 Å². The molecule has 0 radical (unpaired) electrons. The summed E-state index contributed by atoms with van der Waals surface area (Å²) in [6.45, 7) is 0. The SMILES string of the molecule is C1=CC2Sc3c(cc4c5c3ccc3cccc(c35)n4-c3cc(-c4nc(-c5ccccc5)nc5ccccc45)c4oc5ccccc5c4c3)C2C=C1. The smallest absolute Gasteiger partial charge is 0.160 e. The number of allylic oxidation sites excluding steroid dienone is 3. The standard InChI is InChI=1S/C46H27N3OS/c1-2-11-27(12-3-1)46-47-36-17-7-4-16-31(36)43(48-46)35-24-28(23-33-29-14-5-8-19-39(29)50-44(33)35)49-37-18-10-13-26-21-22-32-42(41(26)37)38(49)25-34-30-15-6-9-20-40(30)51-45(32)34/h1-25,30,40H. The average molecular weight is 670 g/mol. The zero-order chi connectivity index (χ0) is 33.2. The molecule has 10 aromatic rings. The van der Waals surface area contributed by atoms with Crippen LogP contribution in [0.25, 0.3) is 93.8 Å². The predicted octanol–water partition coefficient (Wildman–Crippen LogP) is 12.2. The van der Waals surface area contributed by atoms with Gasteiger partial charge in [0.1, 0.15) is 11.2 Å². The van der Waals surface area contributed by atoms with Gasteiger partial charge in [-0.1, -0.05) is 115 Å². The van der Waals surface area contributed by atoms with Gasteiger partial charge in [0.05, 0.1) is 22.2 Å². The van der Waals surface area contributed by atoms with Gasteiger partial charge >= 0.3 is 0 Å². The summed E-state index contributed by atoms with van der Waals surface area (Å²) in [5, 5.41) is 8.81. The molecule has 3 aromatic heterocycles. The van der Waals surface area contributed by atoms with Gasteiger partial charge in [0.25, 0.3) is 0 Å². The lowest BCUT2D eigenvalue weighted by atomic mass is 9.90. The van der Waals surface area contributed by atoms with Gasteiger partial charge in [-0.15, -0.1) is 11.8 Å². The summed E-state index contributed by atoms with van der Waals surface area (Å²) in [4.78, 5) is 11.8. The number of hydrogen-bond acceptors (Lipinski definition) is 4. The molecular weight excluding hydrogens is 643 g/mol. The molecule has 4 nitrogen and oxygen atoms in total. The van der Waals surface area contributed by atoms with Crippen molar-refractivity contribution in [2.24, 2.45) is 0 Å². The summed E-state index contributed by atoms with van der Waals surface area (Å²) in [6, 6.07) is 45.3. The van der Waals surface area contributed by atoms with Crippen LogP contribution in [0.15, 0.2) is 161 Å². The van der Waals surface area contributed by atoms with E-state index in [1.165, 1.54) is 43.0 Å². The summed E-state index contributed by atoms with van der Waals surface area (Å²) < 4.78 is 9.23. The highest BCUT2D eigenvalue weighted by Gasteiger charge is 2.34. The van der Waals surface area contributed by atoms with Crippen LogP contribution in [-0.2, 0) is 0 Å². The Labute approximate surface area is 296 Å². The van der Waals surface area contributed by atoms with Crippen LogP contribution in [0.5, 0.6) is 0 Å². The molecule has 0 spiro atoms. The molecule has 0 amide bonds. The maximum Gasteiger partial charge on any atom is 0.160 e. The molecule has 7 aromatic carbocycles. The second kappa shape index (κ2) is 10.2. The Balaban J connectivity index is 1.22. The largest absolute Gasteiger partial charge is 0.455 e. The number of aromatic nitrogens is 3. The molecule has 0 saturated heterocycles. The van der Waals surface area contributed by atoms with Crippen LogP contribution in [-0.4, -0.2) is 19.8 Å². The molecule has 51 heavy (non-hydrogen) atoms. The highest BCUT2D eigenvalue weighted by atomic mass is 32.2. The van der Waals surface area contributed by atoms with Crippen LogP contribution < -0.4 is 0 Å². The molecule has 2 atom stereocenters. The van der Waals surface area contributed by atoms with Crippen molar-refractivity contribution < 1.29 is 4.42 Å². The highest BCUT2D eigenvalue weighted by Crippen LogP contribution is 2.54. The summed E-state index contributed by atoms with van der Waals surface area (Å²) >= 11 is 2.01. The molecule has 5 heteroatoms. The van der Waals surface area contributed by atoms with E-state index >= 15 is 0 Å². The van der Waals surface area contributed by atoms with Crippen molar-refractivity contribution in [3.05, 3.63) is 157 Å². The third-order valence-electron chi connectivity index (χ3n) is 10.9. The van der Waals surface area contributed by atoms with Crippen LogP contribution in [0.4, 0.5) is 0 Å². The Morgan fingerprint density at radius 1 is 0.627 bits per heavy atom. The first-order valence-corrected chi connectivity index (χ1v) is 18.3. The van der Waals surface area contributed by atoms with Crippen molar-refractivity contribution in [2.45, 2.75) is 16.1 Å². The molecule has 238 valence electrons. The van der Waals surface area contributed by atoms with Gasteiger partial charge in [-0.2, -0.15) is 0 Å². The molecule has 1 aliphatic heterocycles. The van der Waals surface area contributed by atoms with Gasteiger partial charge in [0, 0.05) is 59.8 Å². The van der Waals surface area contributed by atoms with Crippen molar-refractivity contribution in [3.8, 4) is 28.3 Å². The Bertz CT molecular complexity index is 3130. The minimum absolute atomic E-state index is 0.358. The summed E-state index contributed by atoms with van der Waals surface area (Å²) in [7, 11) is 0. The van der Waals surface area contributed by atoms with E-state index in [0.717, 1.165) is 55.3 Å². The van der Waals surface area contributed by atoms with E-state index in [1.807, 2.05) is 42.1 Å². The zero-order valence-electron chi connectivity index (χ0n) is 27.2. The van der Waals surface area contributed by atoms with Gasteiger partial charge in [-0.25, -0.2) is 9.97 Å². The first kappa shape index (κ1) is 27.6. The van der Waals surface area contributed by atoms with Gasteiger partial charge < -0.3 is 8.98 Å². The fourth-order valence-corrected chi connectivity index (χ4v) is 10.1. The molecule has 2 aliphatic rings. The minimum Gasteiger partial charge on any atom is -0.455 e. The zero-order valence-corrected chi connectivity index (χ0v) is 28.1. The van der Waals surface area contributed by atoms with E-state index in [4.69, 9.17) is 14.4 Å². The van der Waals surface area contributed by atoms with Crippen molar-refractivity contribution >= 4 is 77.2 Å². The summed E-state index contributed by atoms with van der Waals surface area (Å²) in [6.07, 6.45) is 9.13. The van der Waals surface area contributed by atoms with Gasteiger partial charge in [0.15, 0.2) is 5.82 Å². The lowest BCUT2D eigenvalue weighted by Gasteiger charge is -2.16. The maximum atomic E-state index is 6.75. The fourth-order valence-electron chi connectivity index (χ4n) is 8.64. The number of nitrogens with zero attached hydrogens (tertiary/aromatic N) is 3. The molecule has 0 bridgehead atoms. The average Bonchev–Trinajstić information content (AvgIpc) is 3.87. The van der Waals surface area contributed by atoms with Crippen LogP contribution in [0.1, 0.15) is 11.5 Å². The number of para-hydroxylation sites is 2. The number of hydrogen-bond donors (Lipinski definition) is 0. The lowest BCUT2D eigenvalue weighted by molar-refractivity contribution is 0.670. The van der Waals surface area contributed by atoms with Crippen molar-refractivity contribution in [2.75, 3.05) is 0 Å². The van der Waals surface area contributed by atoms with E-state index < -0.39 is 0 Å². The van der Waals surface area contributed by atoms with E-state index in [-0.39, 0.29) is 0 Å². The Morgan fingerprint density at radius 2 is 1.47 bits per heavy atom. The predicted molar refractivity (Wildman–Crippen MR) is 211 cm³/mol. The van der Waals surface area contributed by atoms with Crippen LogP contribution in [0.3, 0.4) is 0 Å². The van der Waals surface area contributed by atoms with Crippen LogP contribution >= 0.6 is 11.8 Å². The summed E-state index contributed by atoms with van der Waals surface area (Å²) in [5.41, 5.74) is 10.3. The third kappa shape index (κ3) is 3.81. The first-order valence-electron chi connectivity index (χ1n) is 17.4. The molecular formula is C46H27N3OS. The molecule has 0 N–H and O–H groups in total. The van der Waals surface area contributed by atoms with Crippen LogP contribution in [0.2, 0.25) is 0 Å². The highest BCUT2D eigenvalue weighted by molar-refractivity contribution is 8.00. The Hall–Kier alpha value is -6.17. The Morgan fingerprint density at radius 3 is 2.41 bits per heavy atom. The fraction of sp³-hybridized carbons (Fsp3) is 0.0435. The number of fused-ring (bicyclic) bond motifs is 8. The molecule has 0 saturated carbocycles. The summed E-state index contributed by atoms with van der Waals surface area (Å²) in [5.74, 6) is 1.05. The lowest BCUT2D eigenvalue weighted by Crippen LogP contribution is -2.06. The normalized spacial score (nSPS) is 16.8. The third-order valence-corrected chi connectivity index (χ3v) is 12.3. The maximum absolute atomic E-state index is 6.75. The van der Waals surface area contributed by atoms with Crippen molar-refractivity contribution in [1.29, 1.82) is 0 Å². The van der Waals surface area contributed by atoms with Gasteiger partial charge in [-0.05, 0) is 52.7 Å². The quantitative estimate of drug-likeness (QED) is 0.176. The first-order chi connectivity index (χ1) is 25.3. The van der Waals surface area contributed by atoms with E-state index in [1.54, 1.807) is 0 Å². The monoisotopic (exact) mass is 669 g/mol. The molecule has 4 heterocycles. The number of rotatable bonds is 3. The van der Waals surface area contributed by atoms with Gasteiger partial charge in [0.2, 0.25) is 0 Å². The molecule has 1 aliphatic carbocycles.